The highest BCUT2D eigenvalue weighted by Gasteiger charge is 2.13. The summed E-state index contributed by atoms with van der Waals surface area (Å²) in [5, 5.41) is 0. The van der Waals surface area contributed by atoms with Gasteiger partial charge in [0.25, 0.3) is 0 Å². The van der Waals surface area contributed by atoms with Gasteiger partial charge in [-0.1, -0.05) is 13.0 Å². The maximum Gasteiger partial charge on any atom is 0.137 e. The van der Waals surface area contributed by atoms with E-state index in [1.807, 2.05) is 36.6 Å². The van der Waals surface area contributed by atoms with Crippen molar-refractivity contribution in [3.63, 3.8) is 0 Å². The smallest absolute Gasteiger partial charge is 0.137 e. The maximum absolute atomic E-state index is 5.71. The first-order chi connectivity index (χ1) is 8.80. The van der Waals surface area contributed by atoms with E-state index in [9.17, 15) is 0 Å². The Bertz CT molecular complexity index is 521. The summed E-state index contributed by atoms with van der Waals surface area (Å²) in [5.74, 6) is 1.79. The molecule has 0 saturated heterocycles. The molecule has 1 aromatic carbocycles. The number of hydrogen-bond acceptors (Lipinski definition) is 2. The standard InChI is InChI=1S/C16H18O2/c1-4-6-15-12(5-2)11-18-16(15)13-7-9-14(17-3)10-8-13/h4,7-11H,1,5-6H2,2-3H3. The lowest BCUT2D eigenvalue weighted by Crippen LogP contribution is -1.89. The van der Waals surface area contributed by atoms with Crippen LogP contribution in [0.25, 0.3) is 11.3 Å². The van der Waals surface area contributed by atoms with Crippen LogP contribution in [0.5, 0.6) is 5.75 Å². The molecule has 0 spiro atoms. The summed E-state index contributed by atoms with van der Waals surface area (Å²) < 4.78 is 10.9. The molecule has 94 valence electrons. The fourth-order valence-electron chi connectivity index (χ4n) is 2.07. The second kappa shape index (κ2) is 5.58. The normalized spacial score (nSPS) is 10.3. The van der Waals surface area contributed by atoms with Gasteiger partial charge >= 0.3 is 0 Å². The third kappa shape index (κ3) is 2.33. The van der Waals surface area contributed by atoms with Crippen molar-refractivity contribution < 1.29 is 9.15 Å². The van der Waals surface area contributed by atoms with E-state index in [4.69, 9.17) is 9.15 Å². The first-order valence-electron chi connectivity index (χ1n) is 6.14. The molecule has 0 aliphatic carbocycles. The topological polar surface area (TPSA) is 22.4 Å². The van der Waals surface area contributed by atoms with Crippen LogP contribution < -0.4 is 4.74 Å². The molecule has 0 bridgehead atoms. The Morgan fingerprint density at radius 1 is 1.28 bits per heavy atom. The Morgan fingerprint density at radius 2 is 2.00 bits per heavy atom. The summed E-state index contributed by atoms with van der Waals surface area (Å²) >= 11 is 0. The SMILES string of the molecule is C=CCc1c(CC)coc1-c1ccc(OC)cc1. The van der Waals surface area contributed by atoms with Crippen LogP contribution in [-0.4, -0.2) is 7.11 Å². The molecular formula is C16H18O2. The summed E-state index contributed by atoms with van der Waals surface area (Å²) in [5.41, 5.74) is 3.56. The number of allylic oxidation sites excluding steroid dienone is 1. The van der Waals surface area contributed by atoms with E-state index in [-0.39, 0.29) is 0 Å². The van der Waals surface area contributed by atoms with Crippen molar-refractivity contribution in [3.05, 3.63) is 54.3 Å². The van der Waals surface area contributed by atoms with Crippen molar-refractivity contribution in [2.24, 2.45) is 0 Å². The molecule has 0 saturated carbocycles. The third-order valence-electron chi connectivity index (χ3n) is 3.06. The molecule has 0 unspecified atom stereocenters. The summed E-state index contributed by atoms with van der Waals surface area (Å²) in [7, 11) is 1.67. The molecule has 1 heterocycles. The maximum atomic E-state index is 5.71. The molecule has 0 N–H and O–H groups in total. The van der Waals surface area contributed by atoms with E-state index in [0.29, 0.717) is 0 Å². The number of aryl methyl sites for hydroxylation is 1. The molecule has 2 heteroatoms. The average Bonchev–Trinajstić information content (AvgIpc) is 2.82. The summed E-state index contributed by atoms with van der Waals surface area (Å²) in [6.07, 6.45) is 5.57. The molecule has 0 fully saturated rings. The van der Waals surface area contributed by atoms with Gasteiger partial charge in [0.2, 0.25) is 0 Å². The molecule has 0 amide bonds. The van der Waals surface area contributed by atoms with Crippen LogP contribution >= 0.6 is 0 Å². The average molecular weight is 242 g/mol. The van der Waals surface area contributed by atoms with Crippen molar-refractivity contribution in [2.75, 3.05) is 7.11 Å². The molecule has 2 aromatic rings. The van der Waals surface area contributed by atoms with Crippen LogP contribution in [0.15, 0.2) is 47.6 Å². The fourth-order valence-corrected chi connectivity index (χ4v) is 2.07. The van der Waals surface area contributed by atoms with E-state index >= 15 is 0 Å². The lowest BCUT2D eigenvalue weighted by Gasteiger charge is -2.04. The summed E-state index contributed by atoms with van der Waals surface area (Å²) in [6, 6.07) is 7.93. The van der Waals surface area contributed by atoms with Gasteiger partial charge in [0.1, 0.15) is 11.5 Å². The molecular weight excluding hydrogens is 224 g/mol. The van der Waals surface area contributed by atoms with Gasteiger partial charge in [0.15, 0.2) is 0 Å². The first kappa shape index (κ1) is 12.5. The monoisotopic (exact) mass is 242 g/mol. The van der Waals surface area contributed by atoms with Gasteiger partial charge in [0.05, 0.1) is 13.4 Å². The zero-order chi connectivity index (χ0) is 13.0. The molecule has 0 atom stereocenters. The fraction of sp³-hybridized carbons (Fsp3) is 0.250. The number of benzene rings is 1. The van der Waals surface area contributed by atoms with E-state index in [1.165, 1.54) is 11.1 Å². The molecule has 18 heavy (non-hydrogen) atoms. The van der Waals surface area contributed by atoms with E-state index < -0.39 is 0 Å². The summed E-state index contributed by atoms with van der Waals surface area (Å²) in [4.78, 5) is 0. The molecule has 2 nitrogen and oxygen atoms in total. The molecule has 1 aromatic heterocycles. The molecule has 0 radical (unpaired) electrons. The minimum absolute atomic E-state index is 0.834. The quantitative estimate of drug-likeness (QED) is 0.731. The lowest BCUT2D eigenvalue weighted by atomic mass is 10.0. The van der Waals surface area contributed by atoms with Gasteiger partial charge in [-0.25, -0.2) is 0 Å². The van der Waals surface area contributed by atoms with Gasteiger partial charge in [-0.3, -0.25) is 0 Å². The largest absolute Gasteiger partial charge is 0.497 e. The van der Waals surface area contributed by atoms with Crippen LogP contribution in [0.2, 0.25) is 0 Å². The van der Waals surface area contributed by atoms with Gasteiger partial charge in [-0.2, -0.15) is 0 Å². The molecule has 0 aliphatic rings. The van der Waals surface area contributed by atoms with Gasteiger partial charge in [-0.15, -0.1) is 6.58 Å². The number of rotatable bonds is 5. The zero-order valence-electron chi connectivity index (χ0n) is 10.9. The highest BCUT2D eigenvalue weighted by Crippen LogP contribution is 2.30. The van der Waals surface area contributed by atoms with E-state index in [0.717, 1.165) is 29.9 Å². The predicted octanol–water partition coefficient (Wildman–Crippen LogP) is 4.25. The minimum Gasteiger partial charge on any atom is -0.497 e. The Balaban J connectivity index is 2.42. The predicted molar refractivity (Wildman–Crippen MR) is 74.0 cm³/mol. The Morgan fingerprint density at radius 3 is 2.56 bits per heavy atom. The highest BCUT2D eigenvalue weighted by atomic mass is 16.5. The molecule has 0 aliphatic heterocycles. The second-order valence-electron chi connectivity index (χ2n) is 4.14. The lowest BCUT2D eigenvalue weighted by molar-refractivity contribution is 0.415. The number of methoxy groups -OCH3 is 1. The first-order valence-corrected chi connectivity index (χ1v) is 6.14. The van der Waals surface area contributed by atoms with Crippen LogP contribution in [-0.2, 0) is 12.8 Å². The third-order valence-corrected chi connectivity index (χ3v) is 3.06. The Kier molecular flexibility index (Phi) is 3.88. The minimum atomic E-state index is 0.834. The second-order valence-corrected chi connectivity index (χ2v) is 4.14. The molecule has 2 rings (SSSR count). The van der Waals surface area contributed by atoms with Gasteiger partial charge in [-0.05, 0) is 42.7 Å². The van der Waals surface area contributed by atoms with E-state index in [2.05, 4.69) is 13.5 Å². The van der Waals surface area contributed by atoms with Crippen molar-refractivity contribution in [1.82, 2.24) is 0 Å². The zero-order valence-corrected chi connectivity index (χ0v) is 10.9. The number of furan rings is 1. The van der Waals surface area contributed by atoms with Gasteiger partial charge < -0.3 is 9.15 Å². The summed E-state index contributed by atoms with van der Waals surface area (Å²) in [6.45, 7) is 5.95. The highest BCUT2D eigenvalue weighted by molar-refractivity contribution is 5.64. The van der Waals surface area contributed by atoms with Crippen LogP contribution in [0.1, 0.15) is 18.1 Å². The van der Waals surface area contributed by atoms with Gasteiger partial charge in [0, 0.05) is 11.1 Å². The Labute approximate surface area is 108 Å². The van der Waals surface area contributed by atoms with Crippen molar-refractivity contribution in [3.8, 4) is 17.1 Å². The number of hydrogen-bond donors (Lipinski definition) is 0. The number of ether oxygens (including phenoxy) is 1. The van der Waals surface area contributed by atoms with Crippen molar-refractivity contribution in [1.29, 1.82) is 0 Å². The van der Waals surface area contributed by atoms with Crippen LogP contribution in [0, 0.1) is 0 Å². The Hall–Kier alpha value is -1.96. The van der Waals surface area contributed by atoms with E-state index in [1.54, 1.807) is 7.11 Å². The van der Waals surface area contributed by atoms with Crippen LogP contribution in [0.4, 0.5) is 0 Å². The van der Waals surface area contributed by atoms with Crippen molar-refractivity contribution >= 4 is 0 Å². The van der Waals surface area contributed by atoms with Crippen LogP contribution in [0.3, 0.4) is 0 Å². The van der Waals surface area contributed by atoms with Crippen molar-refractivity contribution in [2.45, 2.75) is 19.8 Å².